The normalized spacial score (nSPS) is 22.8. The van der Waals surface area contributed by atoms with E-state index in [9.17, 15) is 14.4 Å². The maximum atomic E-state index is 12.7. The summed E-state index contributed by atoms with van der Waals surface area (Å²) in [5, 5.41) is 6.81. The number of hydrogen-bond acceptors (Lipinski definition) is 5. The van der Waals surface area contributed by atoms with Gasteiger partial charge in [0.05, 0.1) is 5.92 Å². The number of carbonyl (C=O) groups is 3. The highest BCUT2D eigenvalue weighted by molar-refractivity contribution is 6.30. The Morgan fingerprint density at radius 3 is 2.61 bits per heavy atom. The molecule has 3 fully saturated rings. The van der Waals surface area contributed by atoms with E-state index in [0.717, 1.165) is 89.1 Å². The van der Waals surface area contributed by atoms with Gasteiger partial charge >= 0.3 is 6.03 Å². The Balaban J connectivity index is 1.02. The van der Waals surface area contributed by atoms with Crippen molar-refractivity contribution in [2.24, 2.45) is 5.92 Å². The number of hydrogen-bond donors (Lipinski definition) is 2. The zero-order valence-corrected chi connectivity index (χ0v) is 22.0. The van der Waals surface area contributed by atoms with E-state index >= 15 is 0 Å². The Bertz CT molecular complexity index is 905. The Morgan fingerprint density at radius 2 is 1.81 bits per heavy atom. The van der Waals surface area contributed by atoms with Crippen LogP contribution in [0.15, 0.2) is 24.3 Å². The van der Waals surface area contributed by atoms with Crippen LogP contribution in [-0.4, -0.2) is 79.5 Å². The van der Waals surface area contributed by atoms with Gasteiger partial charge in [-0.2, -0.15) is 0 Å². The number of nitrogens with zero attached hydrogens (tertiary/aromatic N) is 3. The van der Waals surface area contributed by atoms with Crippen molar-refractivity contribution < 1.29 is 14.4 Å². The third-order valence-electron chi connectivity index (χ3n) is 7.71. The van der Waals surface area contributed by atoms with Crippen molar-refractivity contribution in [2.75, 3.05) is 50.7 Å². The summed E-state index contributed by atoms with van der Waals surface area (Å²) in [5.41, 5.74) is 1.18. The topological polar surface area (TPSA) is 85.0 Å². The molecule has 2 N–H and O–H groups in total. The summed E-state index contributed by atoms with van der Waals surface area (Å²) in [6, 6.07) is 7.79. The van der Waals surface area contributed by atoms with Crippen molar-refractivity contribution in [1.82, 2.24) is 20.4 Å². The van der Waals surface area contributed by atoms with E-state index in [4.69, 9.17) is 11.6 Å². The molecule has 1 aromatic carbocycles. The van der Waals surface area contributed by atoms with Crippen LogP contribution >= 0.6 is 11.6 Å². The minimum atomic E-state index is -0.244. The molecule has 8 nitrogen and oxygen atoms in total. The third-order valence-corrected chi connectivity index (χ3v) is 7.94. The van der Waals surface area contributed by atoms with Crippen molar-refractivity contribution in [3.63, 3.8) is 0 Å². The van der Waals surface area contributed by atoms with Gasteiger partial charge < -0.3 is 15.5 Å². The number of imide groups is 1. The van der Waals surface area contributed by atoms with E-state index in [0.29, 0.717) is 19.5 Å². The number of amides is 4. The Labute approximate surface area is 219 Å². The molecule has 4 rings (SSSR count). The van der Waals surface area contributed by atoms with Crippen molar-refractivity contribution in [3.8, 4) is 0 Å². The highest BCUT2D eigenvalue weighted by Gasteiger charge is 2.41. The average molecular weight is 518 g/mol. The van der Waals surface area contributed by atoms with Crippen molar-refractivity contribution in [1.29, 1.82) is 0 Å². The Hall–Kier alpha value is -2.32. The van der Waals surface area contributed by atoms with E-state index in [1.165, 1.54) is 10.6 Å². The van der Waals surface area contributed by atoms with Gasteiger partial charge in [-0.1, -0.05) is 36.9 Å². The summed E-state index contributed by atoms with van der Waals surface area (Å²) in [7, 11) is 0. The van der Waals surface area contributed by atoms with Crippen molar-refractivity contribution in [3.05, 3.63) is 29.3 Å². The zero-order valence-electron chi connectivity index (χ0n) is 21.2. The van der Waals surface area contributed by atoms with Crippen LogP contribution in [0.25, 0.3) is 0 Å². The first-order valence-electron chi connectivity index (χ1n) is 13.6. The summed E-state index contributed by atoms with van der Waals surface area (Å²) in [6.45, 7) is 6.12. The number of fused-ring (bicyclic) bond motifs is 1. The molecule has 0 radical (unpaired) electrons. The fraction of sp³-hybridized carbons (Fsp3) is 0.667. The van der Waals surface area contributed by atoms with Crippen LogP contribution in [-0.2, 0) is 9.59 Å². The number of halogens is 1. The van der Waals surface area contributed by atoms with Gasteiger partial charge in [-0.3, -0.25) is 19.4 Å². The van der Waals surface area contributed by atoms with Gasteiger partial charge in [0.1, 0.15) is 0 Å². The molecule has 1 saturated carbocycles. The average Bonchev–Trinajstić information content (AvgIpc) is 2.88. The number of benzene rings is 1. The first-order valence-corrected chi connectivity index (χ1v) is 14.0. The van der Waals surface area contributed by atoms with Crippen LogP contribution < -0.4 is 15.5 Å². The zero-order chi connectivity index (χ0) is 25.3. The van der Waals surface area contributed by atoms with Crippen molar-refractivity contribution in [2.45, 2.75) is 63.8 Å². The fourth-order valence-corrected chi connectivity index (χ4v) is 5.79. The van der Waals surface area contributed by atoms with Crippen LogP contribution in [0.2, 0.25) is 5.02 Å². The van der Waals surface area contributed by atoms with Crippen LogP contribution in [0.5, 0.6) is 0 Å². The number of urea groups is 1. The highest BCUT2D eigenvalue weighted by Crippen LogP contribution is 2.29. The second-order valence-electron chi connectivity index (χ2n) is 10.3. The molecule has 36 heavy (non-hydrogen) atoms. The number of nitrogens with one attached hydrogen (secondary N) is 2. The molecule has 0 bridgehead atoms. The first-order chi connectivity index (χ1) is 17.5. The summed E-state index contributed by atoms with van der Waals surface area (Å²) in [6.07, 6.45) is 7.70. The molecular formula is C27H40ClN5O3. The molecule has 2 aliphatic heterocycles. The quantitative estimate of drug-likeness (QED) is 0.438. The monoisotopic (exact) mass is 517 g/mol. The van der Waals surface area contributed by atoms with Crippen LogP contribution in [0.3, 0.4) is 0 Å². The fourth-order valence-electron chi connectivity index (χ4n) is 5.60. The minimum Gasteiger partial charge on any atom is -0.369 e. The molecular weight excluding hydrogens is 478 g/mol. The molecule has 2 heterocycles. The van der Waals surface area contributed by atoms with Gasteiger partial charge in [-0.15, -0.1) is 0 Å². The van der Waals surface area contributed by atoms with Gasteiger partial charge in [0, 0.05) is 62.4 Å². The van der Waals surface area contributed by atoms with E-state index in [2.05, 4.69) is 26.5 Å². The summed E-state index contributed by atoms with van der Waals surface area (Å²) < 4.78 is 0. The lowest BCUT2D eigenvalue weighted by Gasteiger charge is -2.40. The number of carbonyl (C=O) groups excluding carboxylic acids is 3. The molecule has 4 amide bonds. The first kappa shape index (κ1) is 26.7. The molecule has 198 valence electrons. The molecule has 2 unspecified atom stereocenters. The van der Waals surface area contributed by atoms with E-state index < -0.39 is 0 Å². The lowest BCUT2D eigenvalue weighted by Crippen LogP contribution is -2.60. The maximum absolute atomic E-state index is 12.7. The summed E-state index contributed by atoms with van der Waals surface area (Å²) in [4.78, 5) is 43.4. The number of rotatable bonds is 11. The minimum absolute atomic E-state index is 0.00734. The summed E-state index contributed by atoms with van der Waals surface area (Å²) >= 11 is 6.11. The standard InChI is InChI=1S/C27H40ClN5O3/c28-21-8-6-9-22(20-21)32-18-16-31(17-19-32)14-7-13-29-25(34)12-2-1-5-15-33-26(35)23-10-3-4-11-24(23)30-27(33)36/h6,8-9,20,23-24H,1-5,7,10-19H2,(H,29,34)(H,30,36). The Morgan fingerprint density at radius 1 is 1.00 bits per heavy atom. The molecule has 2 atom stereocenters. The van der Waals surface area contributed by atoms with Gasteiger partial charge in [-0.25, -0.2) is 4.79 Å². The molecule has 2 saturated heterocycles. The summed E-state index contributed by atoms with van der Waals surface area (Å²) in [5.74, 6) is 0.0266. The molecule has 1 aromatic rings. The van der Waals surface area contributed by atoms with Crippen LogP contribution in [0.1, 0.15) is 57.8 Å². The van der Waals surface area contributed by atoms with E-state index in [-0.39, 0.29) is 29.8 Å². The molecule has 1 aliphatic carbocycles. The number of unbranched alkanes of at least 4 members (excludes halogenated alkanes) is 2. The lowest BCUT2D eigenvalue weighted by atomic mass is 9.82. The predicted octanol–water partition coefficient (Wildman–Crippen LogP) is 3.64. The Kier molecular flexibility index (Phi) is 9.87. The third kappa shape index (κ3) is 7.35. The number of anilines is 1. The van der Waals surface area contributed by atoms with E-state index in [1.807, 2.05) is 18.2 Å². The van der Waals surface area contributed by atoms with Gasteiger partial charge in [0.25, 0.3) is 0 Å². The lowest BCUT2D eigenvalue weighted by molar-refractivity contribution is -0.136. The van der Waals surface area contributed by atoms with E-state index in [1.54, 1.807) is 0 Å². The van der Waals surface area contributed by atoms with Gasteiger partial charge in [-0.05, 0) is 56.8 Å². The smallest absolute Gasteiger partial charge is 0.324 e. The largest absolute Gasteiger partial charge is 0.369 e. The molecule has 9 heteroatoms. The molecule has 0 spiro atoms. The number of piperazine rings is 1. The highest BCUT2D eigenvalue weighted by atomic mass is 35.5. The van der Waals surface area contributed by atoms with Gasteiger partial charge in [0.15, 0.2) is 0 Å². The van der Waals surface area contributed by atoms with Crippen molar-refractivity contribution >= 4 is 35.1 Å². The second-order valence-corrected chi connectivity index (χ2v) is 10.7. The van der Waals surface area contributed by atoms with Crippen LogP contribution in [0.4, 0.5) is 10.5 Å². The predicted molar refractivity (Wildman–Crippen MR) is 142 cm³/mol. The molecule has 0 aromatic heterocycles. The maximum Gasteiger partial charge on any atom is 0.324 e. The van der Waals surface area contributed by atoms with Gasteiger partial charge in [0.2, 0.25) is 11.8 Å². The SMILES string of the molecule is O=C(CCCCCN1C(=O)NC2CCCCC2C1=O)NCCCN1CCN(c2cccc(Cl)c2)CC1. The molecule has 3 aliphatic rings. The van der Waals surface area contributed by atoms with Crippen LogP contribution in [0, 0.1) is 5.92 Å². The second kappa shape index (κ2) is 13.3.